The SMILES string of the molecule is CC(C)NS(=O)(=O)CCn1ccnn1. The number of hydrogen-bond acceptors (Lipinski definition) is 4. The van der Waals surface area contributed by atoms with Gasteiger partial charge in [-0.15, -0.1) is 5.10 Å². The summed E-state index contributed by atoms with van der Waals surface area (Å²) in [5.41, 5.74) is 0. The average Bonchev–Trinajstić information content (AvgIpc) is 2.50. The second-order valence-corrected chi connectivity index (χ2v) is 5.13. The highest BCUT2D eigenvalue weighted by atomic mass is 32.2. The van der Waals surface area contributed by atoms with Crippen molar-refractivity contribution in [3.05, 3.63) is 12.4 Å². The van der Waals surface area contributed by atoms with Gasteiger partial charge in [0, 0.05) is 12.2 Å². The van der Waals surface area contributed by atoms with Gasteiger partial charge in [-0.25, -0.2) is 13.1 Å². The maximum atomic E-state index is 11.4. The zero-order chi connectivity index (χ0) is 10.6. The first-order valence-electron chi connectivity index (χ1n) is 4.34. The molecule has 0 aliphatic heterocycles. The van der Waals surface area contributed by atoms with Crippen molar-refractivity contribution in [1.29, 1.82) is 0 Å². The van der Waals surface area contributed by atoms with E-state index in [4.69, 9.17) is 0 Å². The quantitative estimate of drug-likeness (QED) is 0.730. The van der Waals surface area contributed by atoms with Crippen molar-refractivity contribution in [2.45, 2.75) is 26.4 Å². The summed E-state index contributed by atoms with van der Waals surface area (Å²) < 4.78 is 26.7. The molecule has 0 saturated heterocycles. The molecule has 0 bridgehead atoms. The van der Waals surface area contributed by atoms with E-state index < -0.39 is 10.0 Å². The smallest absolute Gasteiger partial charge is 0.213 e. The number of aromatic nitrogens is 3. The number of nitrogens with one attached hydrogen (secondary N) is 1. The molecule has 0 saturated carbocycles. The van der Waals surface area contributed by atoms with Gasteiger partial charge in [-0.05, 0) is 13.8 Å². The lowest BCUT2D eigenvalue weighted by Gasteiger charge is -2.08. The van der Waals surface area contributed by atoms with E-state index in [1.165, 1.54) is 10.9 Å². The van der Waals surface area contributed by atoms with E-state index in [1.807, 2.05) is 0 Å². The standard InChI is InChI=1S/C7H14N4O2S/c1-7(2)9-14(12,13)6-5-11-4-3-8-10-11/h3-4,7,9H,5-6H2,1-2H3. The van der Waals surface area contributed by atoms with Crippen molar-refractivity contribution < 1.29 is 8.42 Å². The van der Waals surface area contributed by atoms with Crippen molar-refractivity contribution in [2.24, 2.45) is 0 Å². The maximum Gasteiger partial charge on any atom is 0.213 e. The Morgan fingerprint density at radius 3 is 2.71 bits per heavy atom. The first kappa shape index (κ1) is 11.1. The lowest BCUT2D eigenvalue weighted by atomic mass is 10.4. The molecular formula is C7H14N4O2S. The predicted octanol–water partition coefficient (Wildman–Crippen LogP) is -0.394. The van der Waals surface area contributed by atoms with Crippen LogP contribution in [0.2, 0.25) is 0 Å². The van der Waals surface area contributed by atoms with E-state index in [1.54, 1.807) is 20.0 Å². The Balaban J connectivity index is 2.45. The Kier molecular flexibility index (Phi) is 3.59. The number of rotatable bonds is 5. The highest BCUT2D eigenvalue weighted by molar-refractivity contribution is 7.89. The Morgan fingerprint density at radius 1 is 1.50 bits per heavy atom. The molecule has 1 N–H and O–H groups in total. The van der Waals surface area contributed by atoms with Crippen LogP contribution in [-0.4, -0.2) is 35.2 Å². The van der Waals surface area contributed by atoms with E-state index in [0.29, 0.717) is 6.54 Å². The largest absolute Gasteiger partial charge is 0.252 e. The highest BCUT2D eigenvalue weighted by Crippen LogP contribution is 1.91. The fraction of sp³-hybridized carbons (Fsp3) is 0.714. The van der Waals surface area contributed by atoms with Crippen molar-refractivity contribution in [3.8, 4) is 0 Å². The third kappa shape index (κ3) is 3.84. The van der Waals surface area contributed by atoms with Gasteiger partial charge in [0.05, 0.1) is 18.5 Å². The van der Waals surface area contributed by atoms with Crippen LogP contribution < -0.4 is 4.72 Å². The van der Waals surface area contributed by atoms with Crippen LogP contribution in [0.4, 0.5) is 0 Å². The Labute approximate surface area is 83.4 Å². The molecule has 0 aromatic carbocycles. The molecule has 7 heteroatoms. The van der Waals surface area contributed by atoms with E-state index in [9.17, 15) is 8.42 Å². The summed E-state index contributed by atoms with van der Waals surface area (Å²) in [6.45, 7) is 3.89. The number of sulfonamides is 1. The van der Waals surface area contributed by atoms with Crippen LogP contribution in [0, 0.1) is 0 Å². The Hall–Kier alpha value is -0.950. The molecule has 0 aliphatic carbocycles. The zero-order valence-corrected chi connectivity index (χ0v) is 9.03. The van der Waals surface area contributed by atoms with Crippen LogP contribution in [0.15, 0.2) is 12.4 Å². The summed E-state index contributed by atoms with van der Waals surface area (Å²) in [7, 11) is -3.20. The fourth-order valence-electron chi connectivity index (χ4n) is 0.984. The van der Waals surface area contributed by atoms with Crippen molar-refractivity contribution in [2.75, 3.05) is 5.75 Å². The van der Waals surface area contributed by atoms with Gasteiger partial charge in [-0.2, -0.15) is 0 Å². The molecule has 0 fully saturated rings. The average molecular weight is 218 g/mol. The summed E-state index contributed by atoms with van der Waals surface area (Å²) >= 11 is 0. The number of aryl methyl sites for hydroxylation is 1. The van der Waals surface area contributed by atoms with Crippen molar-refractivity contribution >= 4 is 10.0 Å². The molecular weight excluding hydrogens is 204 g/mol. The lowest BCUT2D eigenvalue weighted by molar-refractivity contribution is 0.553. The molecule has 0 atom stereocenters. The lowest BCUT2D eigenvalue weighted by Crippen LogP contribution is -2.33. The summed E-state index contributed by atoms with van der Waals surface area (Å²) in [5, 5.41) is 7.25. The third-order valence-electron chi connectivity index (χ3n) is 1.48. The van der Waals surface area contributed by atoms with Gasteiger partial charge < -0.3 is 0 Å². The monoisotopic (exact) mass is 218 g/mol. The van der Waals surface area contributed by atoms with Crippen molar-refractivity contribution in [3.63, 3.8) is 0 Å². The molecule has 14 heavy (non-hydrogen) atoms. The summed E-state index contributed by atoms with van der Waals surface area (Å²) in [6, 6.07) is -0.0734. The molecule has 0 unspecified atom stereocenters. The molecule has 0 radical (unpaired) electrons. The van der Waals surface area contributed by atoms with Crippen LogP contribution in [0.25, 0.3) is 0 Å². The minimum atomic E-state index is -3.20. The third-order valence-corrected chi connectivity index (χ3v) is 3.03. The summed E-state index contributed by atoms with van der Waals surface area (Å²) in [6.07, 6.45) is 3.15. The van der Waals surface area contributed by atoms with Crippen LogP contribution in [0.5, 0.6) is 0 Å². The topological polar surface area (TPSA) is 76.9 Å². The second-order valence-electron chi connectivity index (χ2n) is 3.26. The van der Waals surface area contributed by atoms with Crippen molar-refractivity contribution in [1.82, 2.24) is 19.7 Å². The molecule has 1 heterocycles. The molecule has 0 spiro atoms. The summed E-state index contributed by atoms with van der Waals surface area (Å²) in [5.74, 6) is 0.0224. The molecule has 1 rings (SSSR count). The number of nitrogens with zero attached hydrogens (tertiary/aromatic N) is 3. The maximum absolute atomic E-state index is 11.4. The Morgan fingerprint density at radius 2 is 2.21 bits per heavy atom. The highest BCUT2D eigenvalue weighted by Gasteiger charge is 2.11. The van der Waals surface area contributed by atoms with Gasteiger partial charge in [-0.3, -0.25) is 4.68 Å². The molecule has 1 aromatic rings. The van der Waals surface area contributed by atoms with E-state index in [2.05, 4.69) is 15.0 Å². The Bertz CT molecular complexity index is 357. The van der Waals surface area contributed by atoms with Gasteiger partial charge in [0.15, 0.2) is 0 Å². The first-order chi connectivity index (χ1) is 6.49. The minimum Gasteiger partial charge on any atom is -0.252 e. The summed E-state index contributed by atoms with van der Waals surface area (Å²) in [4.78, 5) is 0. The number of hydrogen-bond donors (Lipinski definition) is 1. The molecule has 0 amide bonds. The van der Waals surface area contributed by atoms with Crippen LogP contribution in [0.1, 0.15) is 13.8 Å². The molecule has 0 aliphatic rings. The zero-order valence-electron chi connectivity index (χ0n) is 8.21. The van der Waals surface area contributed by atoms with Crippen LogP contribution in [0.3, 0.4) is 0 Å². The van der Waals surface area contributed by atoms with Gasteiger partial charge in [0.2, 0.25) is 10.0 Å². The van der Waals surface area contributed by atoms with E-state index >= 15 is 0 Å². The predicted molar refractivity (Wildman–Crippen MR) is 52.1 cm³/mol. The van der Waals surface area contributed by atoms with Gasteiger partial charge in [0.25, 0.3) is 0 Å². The normalized spacial score (nSPS) is 12.2. The second kappa shape index (κ2) is 4.52. The fourth-order valence-corrected chi connectivity index (χ4v) is 2.25. The van der Waals surface area contributed by atoms with Gasteiger partial charge >= 0.3 is 0 Å². The van der Waals surface area contributed by atoms with Gasteiger partial charge in [0.1, 0.15) is 0 Å². The van der Waals surface area contributed by atoms with Gasteiger partial charge in [-0.1, -0.05) is 5.21 Å². The molecule has 6 nitrogen and oxygen atoms in total. The first-order valence-corrected chi connectivity index (χ1v) is 5.99. The van der Waals surface area contributed by atoms with Crippen LogP contribution >= 0.6 is 0 Å². The molecule has 1 aromatic heterocycles. The van der Waals surface area contributed by atoms with Crippen LogP contribution in [-0.2, 0) is 16.6 Å². The van der Waals surface area contributed by atoms with E-state index in [-0.39, 0.29) is 11.8 Å². The van der Waals surface area contributed by atoms with E-state index in [0.717, 1.165) is 0 Å². The minimum absolute atomic E-state index is 0.0224. The molecule has 80 valence electrons.